The van der Waals surface area contributed by atoms with Gasteiger partial charge in [0.05, 0.1) is 0 Å². The van der Waals surface area contributed by atoms with Gasteiger partial charge in [-0.15, -0.1) is 0 Å². The van der Waals surface area contributed by atoms with Gasteiger partial charge in [0.25, 0.3) is 0 Å². The van der Waals surface area contributed by atoms with Crippen molar-refractivity contribution < 1.29 is 0 Å². The summed E-state index contributed by atoms with van der Waals surface area (Å²) >= 11 is 0. The van der Waals surface area contributed by atoms with E-state index in [1.807, 2.05) is 12.3 Å². The maximum Gasteiger partial charge on any atom is 0.0472 e. The Labute approximate surface area is 73.1 Å². The first kappa shape index (κ1) is 7.53. The zero-order valence-corrected chi connectivity index (χ0v) is 7.11. The lowest BCUT2D eigenvalue weighted by Crippen LogP contribution is -2.00. The van der Waals surface area contributed by atoms with Crippen LogP contribution in [-0.4, -0.2) is 4.98 Å². The molecular formula is C11H13N. The average molecular weight is 159 g/mol. The van der Waals surface area contributed by atoms with Crippen molar-refractivity contribution in [1.29, 1.82) is 0 Å². The van der Waals surface area contributed by atoms with Crippen LogP contribution in [0.3, 0.4) is 0 Å². The Morgan fingerprint density at radius 2 is 2.33 bits per heavy atom. The largest absolute Gasteiger partial charge is 0.261 e. The standard InChI is InChI=1S/C11H13N/c1-2-6-10(7-3-1)11-8-4-5-9-12-11/h2,4-6,8-10H,1,3,7H2/t10-/m1/s1. The van der Waals surface area contributed by atoms with Crippen molar-refractivity contribution in [2.45, 2.75) is 25.2 Å². The van der Waals surface area contributed by atoms with Gasteiger partial charge in [-0.1, -0.05) is 18.2 Å². The quantitative estimate of drug-likeness (QED) is 0.574. The van der Waals surface area contributed by atoms with Crippen LogP contribution in [0.1, 0.15) is 30.9 Å². The Morgan fingerprint density at radius 3 is 3.00 bits per heavy atom. The predicted molar refractivity (Wildman–Crippen MR) is 50.0 cm³/mol. The van der Waals surface area contributed by atoms with E-state index in [0.717, 1.165) is 0 Å². The summed E-state index contributed by atoms with van der Waals surface area (Å²) in [7, 11) is 0. The summed E-state index contributed by atoms with van der Waals surface area (Å²) in [6, 6.07) is 6.14. The van der Waals surface area contributed by atoms with E-state index in [1.54, 1.807) is 0 Å². The molecule has 0 aliphatic heterocycles. The first-order chi connectivity index (χ1) is 5.97. The lowest BCUT2D eigenvalue weighted by Gasteiger charge is -2.14. The Balaban J connectivity index is 2.19. The van der Waals surface area contributed by atoms with Crippen molar-refractivity contribution in [3.63, 3.8) is 0 Å². The molecule has 0 saturated carbocycles. The van der Waals surface area contributed by atoms with E-state index in [2.05, 4.69) is 29.3 Å². The van der Waals surface area contributed by atoms with E-state index in [4.69, 9.17) is 0 Å². The molecule has 0 aromatic carbocycles. The average Bonchev–Trinajstić information content (AvgIpc) is 2.21. The second-order valence-corrected chi connectivity index (χ2v) is 3.22. The summed E-state index contributed by atoms with van der Waals surface area (Å²) in [4.78, 5) is 4.35. The molecule has 1 aromatic rings. The van der Waals surface area contributed by atoms with Crippen LogP contribution in [0.15, 0.2) is 36.5 Å². The molecule has 12 heavy (non-hydrogen) atoms. The van der Waals surface area contributed by atoms with E-state index in [9.17, 15) is 0 Å². The van der Waals surface area contributed by atoms with E-state index < -0.39 is 0 Å². The summed E-state index contributed by atoms with van der Waals surface area (Å²) in [6.45, 7) is 0. The number of allylic oxidation sites excluding steroid dienone is 2. The van der Waals surface area contributed by atoms with Crippen molar-refractivity contribution in [2.24, 2.45) is 0 Å². The maximum atomic E-state index is 4.35. The third-order valence-electron chi connectivity index (χ3n) is 2.32. The third kappa shape index (κ3) is 1.55. The summed E-state index contributed by atoms with van der Waals surface area (Å²) in [5, 5.41) is 0. The van der Waals surface area contributed by atoms with Gasteiger partial charge in [0.15, 0.2) is 0 Å². The fourth-order valence-electron chi connectivity index (χ4n) is 1.65. The van der Waals surface area contributed by atoms with Gasteiger partial charge in [-0.2, -0.15) is 0 Å². The van der Waals surface area contributed by atoms with Crippen LogP contribution in [0.5, 0.6) is 0 Å². The van der Waals surface area contributed by atoms with Gasteiger partial charge in [-0.3, -0.25) is 4.98 Å². The van der Waals surface area contributed by atoms with Gasteiger partial charge in [0, 0.05) is 17.8 Å². The summed E-state index contributed by atoms with van der Waals surface area (Å²) in [5.41, 5.74) is 1.22. The maximum absolute atomic E-state index is 4.35. The van der Waals surface area contributed by atoms with Crippen molar-refractivity contribution in [3.05, 3.63) is 42.2 Å². The molecule has 0 amide bonds. The van der Waals surface area contributed by atoms with Gasteiger partial charge in [-0.05, 0) is 31.4 Å². The lowest BCUT2D eigenvalue weighted by atomic mass is 9.93. The zero-order valence-electron chi connectivity index (χ0n) is 7.11. The Bertz CT molecular complexity index is 264. The molecule has 0 N–H and O–H groups in total. The second kappa shape index (κ2) is 3.53. The molecule has 1 aliphatic rings. The minimum absolute atomic E-state index is 0.569. The highest BCUT2D eigenvalue weighted by atomic mass is 14.7. The van der Waals surface area contributed by atoms with Crippen LogP contribution in [0.4, 0.5) is 0 Å². The molecule has 2 rings (SSSR count). The smallest absolute Gasteiger partial charge is 0.0472 e. The normalized spacial score (nSPS) is 22.5. The molecule has 1 aliphatic carbocycles. The fourth-order valence-corrected chi connectivity index (χ4v) is 1.65. The van der Waals surface area contributed by atoms with Crippen LogP contribution in [0, 0.1) is 0 Å². The number of rotatable bonds is 1. The Hall–Kier alpha value is -1.11. The van der Waals surface area contributed by atoms with Crippen LogP contribution in [0.2, 0.25) is 0 Å². The minimum Gasteiger partial charge on any atom is -0.261 e. The first-order valence-electron chi connectivity index (χ1n) is 4.54. The van der Waals surface area contributed by atoms with Crippen LogP contribution < -0.4 is 0 Å². The summed E-state index contributed by atoms with van der Waals surface area (Å²) in [5.74, 6) is 0.569. The third-order valence-corrected chi connectivity index (χ3v) is 2.32. The van der Waals surface area contributed by atoms with Crippen LogP contribution in [-0.2, 0) is 0 Å². The first-order valence-corrected chi connectivity index (χ1v) is 4.54. The molecule has 0 radical (unpaired) electrons. The van der Waals surface area contributed by atoms with Crippen molar-refractivity contribution in [3.8, 4) is 0 Å². The molecule has 0 bridgehead atoms. The SMILES string of the molecule is C1=C[C@@H](c2ccccn2)CCC1. The number of hydrogen-bond acceptors (Lipinski definition) is 1. The topological polar surface area (TPSA) is 12.9 Å². The van der Waals surface area contributed by atoms with Crippen LogP contribution >= 0.6 is 0 Å². The van der Waals surface area contributed by atoms with Crippen LogP contribution in [0.25, 0.3) is 0 Å². The van der Waals surface area contributed by atoms with Crippen molar-refractivity contribution in [1.82, 2.24) is 4.98 Å². The molecule has 0 spiro atoms. The molecule has 1 aromatic heterocycles. The lowest BCUT2D eigenvalue weighted by molar-refractivity contribution is 0.641. The monoisotopic (exact) mass is 159 g/mol. The molecule has 62 valence electrons. The van der Waals surface area contributed by atoms with E-state index in [-0.39, 0.29) is 0 Å². The van der Waals surface area contributed by atoms with Gasteiger partial charge < -0.3 is 0 Å². The predicted octanol–water partition coefficient (Wildman–Crippen LogP) is 2.91. The Kier molecular flexibility index (Phi) is 2.21. The molecule has 1 nitrogen and oxygen atoms in total. The molecule has 1 atom stereocenters. The van der Waals surface area contributed by atoms with Gasteiger partial charge in [-0.25, -0.2) is 0 Å². The highest BCUT2D eigenvalue weighted by Gasteiger charge is 2.10. The molecule has 1 heteroatoms. The molecular weight excluding hydrogens is 146 g/mol. The van der Waals surface area contributed by atoms with E-state index in [0.29, 0.717) is 5.92 Å². The molecule has 0 saturated heterocycles. The molecule has 0 fully saturated rings. The van der Waals surface area contributed by atoms with Gasteiger partial charge >= 0.3 is 0 Å². The highest BCUT2D eigenvalue weighted by Crippen LogP contribution is 2.25. The Morgan fingerprint density at radius 1 is 1.33 bits per heavy atom. The van der Waals surface area contributed by atoms with Crippen molar-refractivity contribution in [2.75, 3.05) is 0 Å². The summed E-state index contributed by atoms with van der Waals surface area (Å²) < 4.78 is 0. The van der Waals surface area contributed by atoms with Crippen molar-refractivity contribution >= 4 is 0 Å². The minimum atomic E-state index is 0.569. The van der Waals surface area contributed by atoms with Gasteiger partial charge in [0.2, 0.25) is 0 Å². The second-order valence-electron chi connectivity index (χ2n) is 3.22. The van der Waals surface area contributed by atoms with E-state index in [1.165, 1.54) is 25.0 Å². The number of aromatic nitrogens is 1. The number of hydrogen-bond donors (Lipinski definition) is 0. The number of nitrogens with zero attached hydrogens (tertiary/aromatic N) is 1. The highest BCUT2D eigenvalue weighted by molar-refractivity contribution is 5.16. The van der Waals surface area contributed by atoms with Gasteiger partial charge in [0.1, 0.15) is 0 Å². The fraction of sp³-hybridized carbons (Fsp3) is 0.364. The molecule has 0 unspecified atom stereocenters. The molecule has 1 heterocycles. The summed E-state index contributed by atoms with van der Waals surface area (Å²) in [6.07, 6.45) is 10.2. The van der Waals surface area contributed by atoms with E-state index >= 15 is 0 Å². The number of pyridine rings is 1. The zero-order chi connectivity index (χ0) is 8.23.